The Morgan fingerprint density at radius 3 is 2.44 bits per heavy atom. The van der Waals surface area contributed by atoms with E-state index in [1.54, 1.807) is 0 Å². The smallest absolute Gasteiger partial charge is 0.203 e. The summed E-state index contributed by atoms with van der Waals surface area (Å²) in [4.78, 5) is 12.6. The van der Waals surface area contributed by atoms with Crippen LogP contribution < -0.4 is 11.1 Å². The van der Waals surface area contributed by atoms with Crippen molar-refractivity contribution < 1.29 is 9.47 Å². The number of H-pyrrole nitrogens is 1. The van der Waals surface area contributed by atoms with Crippen molar-refractivity contribution in [1.29, 1.82) is 0 Å². The van der Waals surface area contributed by atoms with Gasteiger partial charge in [0.05, 0.1) is 41.5 Å². The van der Waals surface area contributed by atoms with E-state index in [4.69, 9.17) is 31.8 Å². The number of halogens is 1. The minimum atomic E-state index is -0.0845. The predicted octanol–water partition coefficient (Wildman–Crippen LogP) is 3.85. The van der Waals surface area contributed by atoms with Gasteiger partial charge in [-0.1, -0.05) is 66.2 Å². The number of fused-ring (bicyclic) bond motifs is 2. The molecule has 4 aromatic rings. The highest BCUT2D eigenvalue weighted by molar-refractivity contribution is 6.33. The van der Waals surface area contributed by atoms with Crippen molar-refractivity contribution in [1.82, 2.24) is 15.0 Å². The summed E-state index contributed by atoms with van der Waals surface area (Å²) >= 11 is 6.58. The number of imidazole rings is 1. The van der Waals surface area contributed by atoms with Crippen LogP contribution >= 0.6 is 11.6 Å². The molecule has 162 valence electrons. The highest BCUT2D eigenvalue weighted by atomic mass is 35.5. The summed E-state index contributed by atoms with van der Waals surface area (Å²) in [5.41, 5.74) is 11.4. The predicted molar refractivity (Wildman–Crippen MR) is 125 cm³/mol. The molecular weight excluding hydrogens is 426 g/mol. The number of benzene rings is 2. The molecule has 2 saturated heterocycles. The van der Waals surface area contributed by atoms with Gasteiger partial charge < -0.3 is 25.5 Å². The highest BCUT2D eigenvalue weighted by Gasteiger charge is 2.46. The molecule has 0 saturated carbocycles. The number of nitrogens with two attached hydrogens (primary N) is 1. The molecule has 4 heterocycles. The SMILES string of the molecule is N[C@@H]1CO[C@H]2[C@@H]1OC[C@@H]2Nc1nc2nc(-c3ccc(-c4ccccc4)cc3)c(Cl)cc2[nH]1. The second kappa shape index (κ2) is 7.86. The third-order valence-electron chi connectivity index (χ3n) is 6.11. The number of nitrogens with one attached hydrogen (secondary N) is 2. The third kappa shape index (κ3) is 3.43. The van der Waals surface area contributed by atoms with E-state index < -0.39 is 0 Å². The molecule has 2 fully saturated rings. The number of pyridine rings is 1. The van der Waals surface area contributed by atoms with Crippen LogP contribution in [0, 0.1) is 0 Å². The molecule has 0 unspecified atom stereocenters. The Kier molecular flexibility index (Phi) is 4.84. The summed E-state index contributed by atoms with van der Waals surface area (Å²) in [6.45, 7) is 1.03. The lowest BCUT2D eigenvalue weighted by atomic mass is 10.0. The first kappa shape index (κ1) is 19.7. The minimum Gasteiger partial charge on any atom is -0.371 e. The second-order valence-electron chi connectivity index (χ2n) is 8.23. The van der Waals surface area contributed by atoms with Crippen molar-refractivity contribution in [3.05, 3.63) is 65.7 Å². The molecule has 0 amide bonds. The average molecular weight is 448 g/mol. The Balaban J connectivity index is 1.26. The van der Waals surface area contributed by atoms with E-state index >= 15 is 0 Å². The average Bonchev–Trinajstić information content (AvgIpc) is 3.51. The monoisotopic (exact) mass is 447 g/mol. The fourth-order valence-corrected chi connectivity index (χ4v) is 4.73. The maximum Gasteiger partial charge on any atom is 0.203 e. The quantitative estimate of drug-likeness (QED) is 0.439. The Labute approximate surface area is 189 Å². The van der Waals surface area contributed by atoms with E-state index in [9.17, 15) is 0 Å². The summed E-state index contributed by atoms with van der Waals surface area (Å²) < 4.78 is 11.6. The van der Waals surface area contributed by atoms with Crippen molar-refractivity contribution >= 4 is 28.7 Å². The third-order valence-corrected chi connectivity index (χ3v) is 6.39. The van der Waals surface area contributed by atoms with Gasteiger partial charge in [-0.05, 0) is 17.2 Å². The molecular formula is C24H22ClN5O2. The Morgan fingerprint density at radius 1 is 0.906 bits per heavy atom. The van der Waals surface area contributed by atoms with Gasteiger partial charge in [0, 0.05) is 5.56 Å². The van der Waals surface area contributed by atoms with Gasteiger partial charge in [-0.3, -0.25) is 0 Å². The van der Waals surface area contributed by atoms with Crippen LogP contribution in [0.2, 0.25) is 5.02 Å². The lowest BCUT2D eigenvalue weighted by Crippen LogP contribution is -2.38. The molecule has 2 aromatic heterocycles. The molecule has 0 bridgehead atoms. The number of hydrogen-bond donors (Lipinski definition) is 3. The van der Waals surface area contributed by atoms with Gasteiger partial charge in [0.25, 0.3) is 0 Å². The first-order valence-corrected chi connectivity index (χ1v) is 11.0. The zero-order valence-corrected chi connectivity index (χ0v) is 17.9. The summed E-state index contributed by atoms with van der Waals surface area (Å²) in [5, 5.41) is 3.94. The lowest BCUT2D eigenvalue weighted by Gasteiger charge is -2.16. The molecule has 4 N–H and O–H groups in total. The van der Waals surface area contributed by atoms with Crippen molar-refractivity contribution in [3.8, 4) is 22.4 Å². The fraction of sp³-hybridized carbons (Fsp3) is 0.250. The number of aromatic nitrogens is 3. The van der Waals surface area contributed by atoms with Crippen molar-refractivity contribution in [2.24, 2.45) is 5.73 Å². The number of rotatable bonds is 4. The molecule has 4 atom stereocenters. The van der Waals surface area contributed by atoms with Gasteiger partial charge in [0.1, 0.15) is 12.2 Å². The summed E-state index contributed by atoms with van der Waals surface area (Å²) in [7, 11) is 0. The van der Waals surface area contributed by atoms with Gasteiger partial charge >= 0.3 is 0 Å². The topological polar surface area (TPSA) is 98.1 Å². The van der Waals surface area contributed by atoms with Crippen molar-refractivity contribution in [3.63, 3.8) is 0 Å². The second-order valence-corrected chi connectivity index (χ2v) is 8.64. The van der Waals surface area contributed by atoms with Gasteiger partial charge in [0.2, 0.25) is 5.95 Å². The van der Waals surface area contributed by atoms with Crippen LogP contribution in [0.3, 0.4) is 0 Å². The maximum absolute atomic E-state index is 6.58. The summed E-state index contributed by atoms with van der Waals surface area (Å²) in [5.74, 6) is 0.610. The standard InChI is InChI=1S/C24H22ClN5O2/c25-16-10-18-23(30-24(27-18)28-19-12-32-21-17(26)11-31-22(19)21)29-20(16)15-8-6-14(7-9-15)13-4-2-1-3-5-13/h1-10,17,19,21-22H,11-12,26H2,(H2,27,28,29,30)/t17-,19+,21-,22-/m1/s1. The summed E-state index contributed by atoms with van der Waals surface area (Å²) in [6, 6.07) is 20.2. The normalized spacial score (nSPS) is 24.7. The van der Waals surface area contributed by atoms with Crippen molar-refractivity contribution in [2.75, 3.05) is 18.5 Å². The summed E-state index contributed by atoms with van der Waals surface area (Å²) in [6.07, 6.45) is -0.150. The molecule has 0 aliphatic carbocycles. The largest absolute Gasteiger partial charge is 0.371 e. The molecule has 32 heavy (non-hydrogen) atoms. The molecule has 2 aromatic carbocycles. The number of aromatic amines is 1. The number of ether oxygens (including phenoxy) is 2. The van der Waals surface area contributed by atoms with E-state index in [1.165, 1.54) is 5.56 Å². The van der Waals surface area contributed by atoms with Crippen LogP contribution in [0.1, 0.15) is 0 Å². The Morgan fingerprint density at radius 2 is 1.62 bits per heavy atom. The van der Waals surface area contributed by atoms with Gasteiger partial charge in [-0.2, -0.15) is 4.98 Å². The van der Waals surface area contributed by atoms with Crippen LogP contribution in [0.4, 0.5) is 5.95 Å². The zero-order valence-electron chi connectivity index (χ0n) is 17.2. The first-order chi connectivity index (χ1) is 15.7. The highest BCUT2D eigenvalue weighted by Crippen LogP contribution is 2.32. The van der Waals surface area contributed by atoms with E-state index in [0.717, 1.165) is 16.6 Å². The van der Waals surface area contributed by atoms with Crippen molar-refractivity contribution in [2.45, 2.75) is 24.3 Å². The molecule has 2 aliphatic heterocycles. The zero-order chi connectivity index (χ0) is 21.7. The molecule has 8 heteroatoms. The van der Waals surface area contributed by atoms with Gasteiger partial charge in [-0.25, -0.2) is 4.98 Å². The first-order valence-electron chi connectivity index (χ1n) is 10.6. The van der Waals surface area contributed by atoms with Crippen LogP contribution in [0.25, 0.3) is 33.5 Å². The Bertz CT molecular complexity index is 1260. The van der Waals surface area contributed by atoms with Gasteiger partial charge in [-0.15, -0.1) is 0 Å². The molecule has 7 nitrogen and oxygen atoms in total. The Hall–Kier alpha value is -2.97. The van der Waals surface area contributed by atoms with Crippen LogP contribution in [-0.4, -0.2) is 52.5 Å². The van der Waals surface area contributed by atoms with Crippen LogP contribution in [0.5, 0.6) is 0 Å². The molecule has 6 rings (SSSR count). The van der Waals surface area contributed by atoms with Crippen LogP contribution in [-0.2, 0) is 9.47 Å². The molecule has 2 aliphatic rings. The molecule has 0 spiro atoms. The van der Waals surface area contributed by atoms with E-state index in [1.807, 2.05) is 36.4 Å². The lowest BCUT2D eigenvalue weighted by molar-refractivity contribution is 0.0698. The van der Waals surface area contributed by atoms with E-state index in [0.29, 0.717) is 35.5 Å². The number of hydrogen-bond acceptors (Lipinski definition) is 6. The fourth-order valence-electron chi connectivity index (χ4n) is 4.47. The van der Waals surface area contributed by atoms with E-state index in [2.05, 4.69) is 39.6 Å². The number of nitrogens with zero attached hydrogens (tertiary/aromatic N) is 2. The minimum absolute atomic E-state index is 0.0189. The number of anilines is 1. The van der Waals surface area contributed by atoms with Gasteiger partial charge in [0.15, 0.2) is 5.65 Å². The van der Waals surface area contributed by atoms with Crippen LogP contribution in [0.15, 0.2) is 60.7 Å². The maximum atomic E-state index is 6.58. The molecule has 0 radical (unpaired) electrons. The van der Waals surface area contributed by atoms with E-state index in [-0.39, 0.29) is 24.3 Å².